The van der Waals surface area contributed by atoms with E-state index in [-0.39, 0.29) is 5.91 Å². The van der Waals surface area contributed by atoms with Gasteiger partial charge in [0, 0.05) is 23.4 Å². The summed E-state index contributed by atoms with van der Waals surface area (Å²) in [7, 11) is 0. The minimum atomic E-state index is -0.632. The Morgan fingerprint density at radius 1 is 0.923 bits per heavy atom. The van der Waals surface area contributed by atoms with Crippen LogP contribution in [-0.4, -0.2) is 11.9 Å². The first-order valence-corrected chi connectivity index (χ1v) is 8.44. The van der Waals surface area contributed by atoms with Crippen LogP contribution < -0.4 is 10.6 Å². The minimum Gasteiger partial charge on any atom is -0.325 e. The molecule has 0 aliphatic heterocycles. The average molecular weight is 354 g/mol. The van der Waals surface area contributed by atoms with E-state index in [0.717, 1.165) is 16.8 Å². The number of fused-ring (bicyclic) bond motifs is 1. The van der Waals surface area contributed by atoms with E-state index in [2.05, 4.69) is 10.6 Å². The molecular formula is C21H20F2N2O. The molecule has 3 nitrogen and oxygen atoms in total. The number of amides is 1. The second kappa shape index (κ2) is 7.62. The van der Waals surface area contributed by atoms with Crippen molar-refractivity contribution >= 4 is 22.4 Å². The molecule has 0 saturated heterocycles. The van der Waals surface area contributed by atoms with Gasteiger partial charge in [0.2, 0.25) is 5.91 Å². The maximum Gasteiger partial charge on any atom is 0.241 e. The molecule has 5 heteroatoms. The van der Waals surface area contributed by atoms with Gasteiger partial charge in [0.15, 0.2) is 0 Å². The van der Waals surface area contributed by atoms with E-state index >= 15 is 0 Å². The predicted molar refractivity (Wildman–Crippen MR) is 99.9 cm³/mol. The first-order valence-electron chi connectivity index (χ1n) is 8.44. The SMILES string of the molecule is C[C@@H](N[C@H](C)c1ccc(F)cc1F)C(=O)Nc1ccc2ccccc2c1. The van der Waals surface area contributed by atoms with Gasteiger partial charge in [-0.15, -0.1) is 0 Å². The van der Waals surface area contributed by atoms with Gasteiger partial charge >= 0.3 is 0 Å². The summed E-state index contributed by atoms with van der Waals surface area (Å²) < 4.78 is 26.9. The van der Waals surface area contributed by atoms with Crippen LogP contribution in [0.5, 0.6) is 0 Å². The fraction of sp³-hybridized carbons (Fsp3) is 0.190. The molecule has 2 N–H and O–H groups in total. The van der Waals surface area contributed by atoms with Crippen molar-refractivity contribution in [3.8, 4) is 0 Å². The fourth-order valence-electron chi connectivity index (χ4n) is 2.91. The second-order valence-electron chi connectivity index (χ2n) is 6.33. The molecule has 3 rings (SSSR count). The smallest absolute Gasteiger partial charge is 0.241 e. The molecule has 26 heavy (non-hydrogen) atoms. The van der Waals surface area contributed by atoms with Crippen molar-refractivity contribution in [2.45, 2.75) is 25.9 Å². The second-order valence-corrected chi connectivity index (χ2v) is 6.33. The number of benzene rings is 3. The Balaban J connectivity index is 1.66. The summed E-state index contributed by atoms with van der Waals surface area (Å²) in [6, 6.07) is 16.0. The topological polar surface area (TPSA) is 41.1 Å². The van der Waals surface area contributed by atoms with Gasteiger partial charge in [0.1, 0.15) is 11.6 Å². The van der Waals surface area contributed by atoms with Crippen molar-refractivity contribution in [1.82, 2.24) is 5.32 Å². The van der Waals surface area contributed by atoms with Crippen LogP contribution in [0.25, 0.3) is 10.8 Å². The van der Waals surface area contributed by atoms with E-state index in [1.165, 1.54) is 12.1 Å². The van der Waals surface area contributed by atoms with Crippen LogP contribution in [0.2, 0.25) is 0 Å². The first kappa shape index (κ1) is 18.0. The van der Waals surface area contributed by atoms with Crippen LogP contribution >= 0.6 is 0 Å². The number of carbonyl (C=O) groups excluding carboxylic acids is 1. The summed E-state index contributed by atoms with van der Waals surface area (Å²) in [5.41, 5.74) is 1.01. The Hall–Kier alpha value is -2.79. The zero-order valence-corrected chi connectivity index (χ0v) is 14.6. The van der Waals surface area contributed by atoms with E-state index in [0.29, 0.717) is 11.3 Å². The van der Waals surface area contributed by atoms with Crippen LogP contribution in [0.4, 0.5) is 14.5 Å². The van der Waals surface area contributed by atoms with Crippen LogP contribution in [0.1, 0.15) is 25.5 Å². The van der Waals surface area contributed by atoms with Gasteiger partial charge < -0.3 is 5.32 Å². The lowest BCUT2D eigenvalue weighted by Crippen LogP contribution is -2.39. The van der Waals surface area contributed by atoms with Crippen molar-refractivity contribution in [1.29, 1.82) is 0 Å². The molecule has 3 aromatic rings. The van der Waals surface area contributed by atoms with Crippen LogP contribution in [0.15, 0.2) is 60.7 Å². The molecule has 0 heterocycles. The standard InChI is InChI=1S/C21H20F2N2O/c1-13(19-10-8-17(22)12-20(19)23)24-14(2)21(26)25-18-9-7-15-5-3-4-6-16(15)11-18/h3-14,24H,1-2H3,(H,25,26)/t13-,14-/m1/s1. The predicted octanol–water partition coefficient (Wildman–Crippen LogP) is 4.80. The third-order valence-electron chi connectivity index (χ3n) is 4.34. The highest BCUT2D eigenvalue weighted by Gasteiger charge is 2.18. The maximum absolute atomic E-state index is 13.9. The molecule has 3 aromatic carbocycles. The van der Waals surface area contributed by atoms with E-state index in [1.807, 2.05) is 42.5 Å². The summed E-state index contributed by atoms with van der Waals surface area (Å²) in [6.45, 7) is 3.43. The third kappa shape index (κ3) is 4.06. The van der Waals surface area contributed by atoms with Crippen LogP contribution in [-0.2, 0) is 4.79 Å². The highest BCUT2D eigenvalue weighted by molar-refractivity contribution is 5.97. The summed E-state index contributed by atoms with van der Waals surface area (Å²) >= 11 is 0. The van der Waals surface area contributed by atoms with Crippen molar-refractivity contribution in [3.05, 3.63) is 77.9 Å². The molecule has 1 amide bonds. The monoisotopic (exact) mass is 354 g/mol. The summed E-state index contributed by atoms with van der Waals surface area (Å²) in [5.74, 6) is -1.48. The van der Waals surface area contributed by atoms with E-state index < -0.39 is 23.7 Å². The third-order valence-corrected chi connectivity index (χ3v) is 4.34. The molecule has 0 radical (unpaired) electrons. The number of halogens is 2. The Labute approximate surface area is 151 Å². The average Bonchev–Trinajstić information content (AvgIpc) is 2.61. The lowest BCUT2D eigenvalue weighted by Gasteiger charge is -2.20. The van der Waals surface area contributed by atoms with Crippen LogP contribution in [0, 0.1) is 11.6 Å². The van der Waals surface area contributed by atoms with Gasteiger partial charge in [0.05, 0.1) is 6.04 Å². The first-order chi connectivity index (χ1) is 12.4. The maximum atomic E-state index is 13.9. The number of anilines is 1. The number of nitrogens with one attached hydrogen (secondary N) is 2. The van der Waals surface area contributed by atoms with Crippen molar-refractivity contribution in [2.75, 3.05) is 5.32 Å². The summed E-state index contributed by atoms with van der Waals surface area (Å²) in [5, 5.41) is 8.03. The van der Waals surface area contributed by atoms with E-state index in [4.69, 9.17) is 0 Å². The number of rotatable bonds is 5. The number of hydrogen-bond acceptors (Lipinski definition) is 2. The Kier molecular flexibility index (Phi) is 5.28. The Morgan fingerprint density at radius 2 is 1.65 bits per heavy atom. The van der Waals surface area contributed by atoms with Gasteiger partial charge in [0.25, 0.3) is 0 Å². The molecule has 2 atom stereocenters. The highest BCUT2D eigenvalue weighted by Crippen LogP contribution is 2.20. The molecule has 0 aliphatic rings. The lowest BCUT2D eigenvalue weighted by atomic mass is 10.1. The molecule has 0 spiro atoms. The van der Waals surface area contributed by atoms with E-state index in [1.54, 1.807) is 13.8 Å². The zero-order valence-electron chi connectivity index (χ0n) is 14.6. The van der Waals surface area contributed by atoms with Gasteiger partial charge in [-0.1, -0.05) is 36.4 Å². The molecule has 0 bridgehead atoms. The number of carbonyl (C=O) groups is 1. The van der Waals surface area contributed by atoms with Gasteiger partial charge in [-0.05, 0) is 42.8 Å². The molecule has 0 aliphatic carbocycles. The normalized spacial score (nSPS) is 13.4. The summed E-state index contributed by atoms with van der Waals surface area (Å²) in [6.07, 6.45) is 0. The quantitative estimate of drug-likeness (QED) is 0.691. The van der Waals surface area contributed by atoms with Crippen molar-refractivity contribution < 1.29 is 13.6 Å². The minimum absolute atomic E-state index is 0.227. The van der Waals surface area contributed by atoms with Crippen LogP contribution in [0.3, 0.4) is 0 Å². The lowest BCUT2D eigenvalue weighted by molar-refractivity contribution is -0.117. The molecule has 0 aromatic heterocycles. The number of hydrogen-bond donors (Lipinski definition) is 2. The van der Waals surface area contributed by atoms with Gasteiger partial charge in [-0.25, -0.2) is 8.78 Å². The van der Waals surface area contributed by atoms with E-state index in [9.17, 15) is 13.6 Å². The molecule has 0 fully saturated rings. The molecular weight excluding hydrogens is 334 g/mol. The highest BCUT2D eigenvalue weighted by atomic mass is 19.1. The van der Waals surface area contributed by atoms with Gasteiger partial charge in [-0.2, -0.15) is 0 Å². The molecule has 134 valence electrons. The van der Waals surface area contributed by atoms with Crippen molar-refractivity contribution in [3.63, 3.8) is 0 Å². The van der Waals surface area contributed by atoms with Gasteiger partial charge in [-0.3, -0.25) is 10.1 Å². The fourth-order valence-corrected chi connectivity index (χ4v) is 2.91. The Morgan fingerprint density at radius 3 is 2.38 bits per heavy atom. The molecule has 0 unspecified atom stereocenters. The largest absolute Gasteiger partial charge is 0.325 e. The zero-order chi connectivity index (χ0) is 18.7. The van der Waals surface area contributed by atoms with Crippen molar-refractivity contribution in [2.24, 2.45) is 0 Å². The summed E-state index contributed by atoms with van der Waals surface area (Å²) in [4.78, 5) is 12.4. The Bertz CT molecular complexity index is 942. The molecule has 0 saturated carbocycles.